The molecule has 1 atom stereocenters. The molecule has 1 unspecified atom stereocenters. The van der Waals surface area contributed by atoms with Gasteiger partial charge in [-0.05, 0) is 52.7 Å². The molecule has 0 saturated carbocycles. The van der Waals surface area contributed by atoms with Crippen molar-refractivity contribution in [2.24, 2.45) is 0 Å². The molecule has 128 valence electrons. The maximum atomic E-state index is 13.3. The molecule has 8 heteroatoms. The van der Waals surface area contributed by atoms with E-state index < -0.39 is 17.8 Å². The van der Waals surface area contributed by atoms with Crippen molar-refractivity contribution in [2.45, 2.75) is 13.0 Å². The highest BCUT2D eigenvalue weighted by Crippen LogP contribution is 2.30. The maximum absolute atomic E-state index is 13.3. The van der Waals surface area contributed by atoms with Gasteiger partial charge in [0, 0.05) is 11.6 Å². The second-order valence-corrected chi connectivity index (χ2v) is 6.53. The van der Waals surface area contributed by atoms with Gasteiger partial charge in [-0.1, -0.05) is 17.7 Å². The Morgan fingerprint density at radius 2 is 2.16 bits per heavy atom. The van der Waals surface area contributed by atoms with Gasteiger partial charge in [0.05, 0.1) is 11.1 Å². The lowest BCUT2D eigenvalue weighted by Gasteiger charge is -2.15. The van der Waals surface area contributed by atoms with Crippen LogP contribution in [0.2, 0.25) is 5.02 Å². The van der Waals surface area contributed by atoms with E-state index in [0.29, 0.717) is 15.6 Å². The van der Waals surface area contributed by atoms with E-state index in [1.54, 1.807) is 19.1 Å². The van der Waals surface area contributed by atoms with Crippen LogP contribution in [-0.2, 0) is 0 Å². The topological polar surface area (TPSA) is 75.1 Å². The highest BCUT2D eigenvalue weighted by Gasteiger charge is 2.21. The summed E-state index contributed by atoms with van der Waals surface area (Å²) in [5, 5.41) is 13.6. The summed E-state index contributed by atoms with van der Waals surface area (Å²) in [5.41, 5.74) is 0.738. The number of fused-ring (bicyclic) bond motifs is 1. The van der Waals surface area contributed by atoms with E-state index in [4.69, 9.17) is 11.6 Å². The molecular weight excluding hydrogens is 413 g/mol. The zero-order valence-corrected chi connectivity index (χ0v) is 15.3. The van der Waals surface area contributed by atoms with Crippen LogP contribution in [0, 0.1) is 5.82 Å². The van der Waals surface area contributed by atoms with Crippen molar-refractivity contribution in [1.29, 1.82) is 0 Å². The zero-order chi connectivity index (χ0) is 18.1. The van der Waals surface area contributed by atoms with Gasteiger partial charge in [-0.3, -0.25) is 9.78 Å². The normalized spacial score (nSPS) is 12.2. The van der Waals surface area contributed by atoms with Crippen molar-refractivity contribution < 1.29 is 14.3 Å². The number of carbonyl (C=O) groups is 1. The average molecular weight is 425 g/mol. The molecule has 2 heterocycles. The number of aromatic hydroxyl groups is 1. The highest BCUT2D eigenvalue weighted by molar-refractivity contribution is 9.10. The number of benzene rings is 1. The maximum Gasteiger partial charge on any atom is 0.274 e. The Bertz CT molecular complexity index is 984. The summed E-state index contributed by atoms with van der Waals surface area (Å²) in [4.78, 5) is 20.7. The SMILES string of the molecule is CC(NC(=O)c1nc(Br)c2cccnc2c1O)c1ccc(F)c(Cl)c1. The van der Waals surface area contributed by atoms with Gasteiger partial charge in [-0.25, -0.2) is 9.37 Å². The number of hydrogen-bond acceptors (Lipinski definition) is 4. The molecule has 1 aromatic carbocycles. The quantitative estimate of drug-likeness (QED) is 0.612. The molecule has 0 spiro atoms. The molecular formula is C17H12BrClFN3O2. The predicted octanol–water partition coefficient (Wildman–Crippen LogP) is 4.38. The Kier molecular flexibility index (Phi) is 4.87. The molecule has 5 nitrogen and oxygen atoms in total. The predicted molar refractivity (Wildman–Crippen MR) is 96.2 cm³/mol. The average Bonchev–Trinajstić information content (AvgIpc) is 2.60. The fourth-order valence-electron chi connectivity index (χ4n) is 2.37. The number of halogens is 3. The molecule has 3 aromatic rings. The highest BCUT2D eigenvalue weighted by atomic mass is 79.9. The number of nitrogens with one attached hydrogen (secondary N) is 1. The Morgan fingerprint density at radius 1 is 1.40 bits per heavy atom. The number of hydrogen-bond donors (Lipinski definition) is 2. The fraction of sp³-hybridized carbons (Fsp3) is 0.118. The van der Waals surface area contributed by atoms with Crippen molar-refractivity contribution in [3.63, 3.8) is 0 Å². The second-order valence-electron chi connectivity index (χ2n) is 5.37. The second kappa shape index (κ2) is 6.93. The number of nitrogens with zero attached hydrogens (tertiary/aromatic N) is 2. The van der Waals surface area contributed by atoms with E-state index in [9.17, 15) is 14.3 Å². The first-order valence-corrected chi connectivity index (χ1v) is 8.44. The summed E-state index contributed by atoms with van der Waals surface area (Å²) in [5.74, 6) is -1.42. The van der Waals surface area contributed by atoms with Crippen LogP contribution in [0.4, 0.5) is 4.39 Å². The molecule has 2 aromatic heterocycles. The number of carbonyl (C=O) groups excluding carboxylic acids is 1. The summed E-state index contributed by atoms with van der Waals surface area (Å²) < 4.78 is 13.7. The van der Waals surface area contributed by atoms with E-state index in [1.807, 2.05) is 0 Å². The molecule has 0 saturated heterocycles. The van der Waals surface area contributed by atoms with Gasteiger partial charge >= 0.3 is 0 Å². The molecule has 0 radical (unpaired) electrons. The third-order valence-corrected chi connectivity index (χ3v) is 4.59. The Hall–Kier alpha value is -2.25. The Morgan fingerprint density at radius 3 is 2.88 bits per heavy atom. The molecule has 1 amide bonds. The number of pyridine rings is 2. The van der Waals surface area contributed by atoms with E-state index in [1.165, 1.54) is 24.4 Å². The summed E-state index contributed by atoms with van der Waals surface area (Å²) in [6, 6.07) is 7.15. The summed E-state index contributed by atoms with van der Waals surface area (Å²) in [6.45, 7) is 1.72. The largest absolute Gasteiger partial charge is 0.504 e. The molecule has 0 fully saturated rings. The van der Waals surface area contributed by atoms with Gasteiger partial charge in [-0.15, -0.1) is 0 Å². The smallest absolute Gasteiger partial charge is 0.274 e. The lowest BCUT2D eigenvalue weighted by Crippen LogP contribution is -2.27. The lowest BCUT2D eigenvalue weighted by molar-refractivity contribution is 0.0932. The third kappa shape index (κ3) is 3.43. The van der Waals surface area contributed by atoms with E-state index in [2.05, 4.69) is 31.2 Å². The van der Waals surface area contributed by atoms with Gasteiger partial charge in [0.15, 0.2) is 11.4 Å². The zero-order valence-electron chi connectivity index (χ0n) is 12.9. The minimum Gasteiger partial charge on any atom is -0.504 e. The van der Waals surface area contributed by atoms with Crippen molar-refractivity contribution in [1.82, 2.24) is 15.3 Å². The molecule has 0 bridgehead atoms. The minimum absolute atomic E-state index is 0.0304. The molecule has 2 N–H and O–H groups in total. The van der Waals surface area contributed by atoms with Gasteiger partial charge < -0.3 is 10.4 Å². The van der Waals surface area contributed by atoms with Crippen LogP contribution in [0.3, 0.4) is 0 Å². The molecule has 0 aliphatic heterocycles. The van der Waals surface area contributed by atoms with Gasteiger partial charge in [0.25, 0.3) is 5.91 Å². The summed E-state index contributed by atoms with van der Waals surface area (Å²) in [7, 11) is 0. The van der Waals surface area contributed by atoms with Crippen LogP contribution < -0.4 is 5.32 Å². The van der Waals surface area contributed by atoms with Gasteiger partial charge in [0.1, 0.15) is 15.9 Å². The van der Waals surface area contributed by atoms with Crippen LogP contribution in [0.5, 0.6) is 5.75 Å². The first-order valence-electron chi connectivity index (χ1n) is 7.27. The lowest BCUT2D eigenvalue weighted by atomic mass is 10.1. The van der Waals surface area contributed by atoms with Crippen molar-refractivity contribution in [3.05, 3.63) is 63.2 Å². The van der Waals surface area contributed by atoms with E-state index in [-0.39, 0.29) is 22.0 Å². The van der Waals surface area contributed by atoms with Crippen LogP contribution in [-0.4, -0.2) is 21.0 Å². The van der Waals surface area contributed by atoms with E-state index >= 15 is 0 Å². The van der Waals surface area contributed by atoms with Crippen LogP contribution >= 0.6 is 27.5 Å². The van der Waals surface area contributed by atoms with Gasteiger partial charge in [-0.2, -0.15) is 0 Å². The molecule has 25 heavy (non-hydrogen) atoms. The van der Waals surface area contributed by atoms with E-state index in [0.717, 1.165) is 0 Å². The molecule has 0 aliphatic rings. The number of aromatic nitrogens is 2. The Labute approximate surface area is 156 Å². The summed E-state index contributed by atoms with van der Waals surface area (Å²) >= 11 is 9.05. The van der Waals surface area contributed by atoms with Crippen molar-refractivity contribution in [2.75, 3.05) is 0 Å². The summed E-state index contributed by atoms with van der Waals surface area (Å²) in [6.07, 6.45) is 1.51. The first-order chi connectivity index (χ1) is 11.9. The number of amides is 1. The standard InChI is InChI=1S/C17H12BrClFN3O2/c1-8(9-4-5-12(20)11(19)7-9)22-17(25)14-15(24)13-10(16(18)23-14)3-2-6-21-13/h2-8,24H,1H3,(H,22,25). The van der Waals surface area contributed by atoms with Crippen molar-refractivity contribution in [3.8, 4) is 5.75 Å². The fourth-order valence-corrected chi connectivity index (χ4v) is 3.06. The van der Waals surface area contributed by atoms with Crippen LogP contribution in [0.1, 0.15) is 29.0 Å². The first kappa shape index (κ1) is 17.6. The molecule has 3 rings (SSSR count). The third-order valence-electron chi connectivity index (χ3n) is 3.69. The monoisotopic (exact) mass is 423 g/mol. The minimum atomic E-state index is -0.585. The van der Waals surface area contributed by atoms with Crippen LogP contribution in [0.25, 0.3) is 10.9 Å². The van der Waals surface area contributed by atoms with Crippen LogP contribution in [0.15, 0.2) is 41.1 Å². The van der Waals surface area contributed by atoms with Crippen molar-refractivity contribution >= 4 is 44.3 Å². The number of rotatable bonds is 3. The Balaban J connectivity index is 1.92. The molecule has 0 aliphatic carbocycles. The van der Waals surface area contributed by atoms with Gasteiger partial charge in [0.2, 0.25) is 0 Å².